The van der Waals surface area contributed by atoms with Gasteiger partial charge in [-0.25, -0.2) is 0 Å². The first-order valence-corrected chi connectivity index (χ1v) is 9.19. The van der Waals surface area contributed by atoms with Gasteiger partial charge in [-0.3, -0.25) is 0 Å². The van der Waals surface area contributed by atoms with Crippen LogP contribution in [0.5, 0.6) is 5.75 Å². The smallest absolute Gasteiger partial charge is 0.383 e. The Morgan fingerprint density at radius 2 is 1.75 bits per heavy atom. The molecule has 0 unspecified atom stereocenters. The van der Waals surface area contributed by atoms with E-state index in [0.29, 0.717) is 21.3 Å². The van der Waals surface area contributed by atoms with Crippen LogP contribution < -0.4 is 4.18 Å². The van der Waals surface area contributed by atoms with Crippen LogP contribution in [0.3, 0.4) is 0 Å². The van der Waals surface area contributed by atoms with E-state index in [4.69, 9.17) is 4.18 Å². The van der Waals surface area contributed by atoms with Gasteiger partial charge in [-0.15, -0.1) is 0 Å². The van der Waals surface area contributed by atoms with E-state index in [9.17, 15) is 21.6 Å². The molecule has 24 heavy (non-hydrogen) atoms. The topological polar surface area (TPSA) is 56.3 Å². The van der Waals surface area contributed by atoms with Crippen molar-refractivity contribution in [3.05, 3.63) is 48.0 Å². The van der Waals surface area contributed by atoms with E-state index in [0.717, 1.165) is 29.9 Å². The number of rotatable bonds is 3. The monoisotopic (exact) mass is 373 g/mol. The lowest BCUT2D eigenvalue weighted by atomic mass is 10.1. The van der Waals surface area contributed by atoms with Gasteiger partial charge in [-0.05, 0) is 35.8 Å². The van der Waals surface area contributed by atoms with E-state index < -0.39 is 21.9 Å². The lowest BCUT2D eigenvalue weighted by molar-refractivity contribution is -0.137. The molecule has 1 heterocycles. The number of hydrogen-bond acceptors (Lipinski definition) is 5. The minimum atomic E-state index is -4.39. The third kappa shape index (κ3) is 3.51. The summed E-state index contributed by atoms with van der Waals surface area (Å²) in [6.07, 6.45) is -3.45. The Kier molecular flexibility index (Phi) is 4.00. The summed E-state index contributed by atoms with van der Waals surface area (Å²) in [5, 5.41) is 0.709. The van der Waals surface area contributed by atoms with Gasteiger partial charge >= 0.3 is 16.3 Å². The molecule has 3 aromatic rings. The first-order chi connectivity index (χ1) is 11.1. The van der Waals surface area contributed by atoms with Crippen LogP contribution in [-0.2, 0) is 16.3 Å². The van der Waals surface area contributed by atoms with Gasteiger partial charge in [0, 0.05) is 17.0 Å². The summed E-state index contributed by atoms with van der Waals surface area (Å²) in [5.74, 6) is 0.160. The molecule has 4 nitrogen and oxygen atoms in total. The van der Waals surface area contributed by atoms with Gasteiger partial charge in [-0.2, -0.15) is 26.0 Å². The summed E-state index contributed by atoms with van der Waals surface area (Å²) in [6.45, 7) is 0. The molecule has 2 aromatic carbocycles. The molecule has 3 rings (SSSR count). The van der Waals surface area contributed by atoms with Gasteiger partial charge in [0.05, 0.1) is 22.2 Å². The molecular formula is C15H10F3NO3S2. The normalized spacial score (nSPS) is 12.5. The van der Waals surface area contributed by atoms with Crippen LogP contribution in [0, 0.1) is 0 Å². The van der Waals surface area contributed by atoms with Crippen molar-refractivity contribution in [3.8, 4) is 17.0 Å². The van der Waals surface area contributed by atoms with Crippen molar-refractivity contribution in [2.75, 3.05) is 6.26 Å². The molecule has 0 amide bonds. The number of alkyl halides is 3. The molecular weight excluding hydrogens is 363 g/mol. The Bertz CT molecular complexity index is 993. The number of nitrogens with zero attached hydrogens (tertiary/aromatic N) is 1. The van der Waals surface area contributed by atoms with E-state index >= 15 is 0 Å². The second-order valence-electron chi connectivity index (χ2n) is 5.05. The lowest BCUT2D eigenvalue weighted by Gasteiger charge is -2.07. The van der Waals surface area contributed by atoms with Gasteiger partial charge in [-0.1, -0.05) is 12.1 Å². The number of benzene rings is 2. The zero-order valence-electron chi connectivity index (χ0n) is 12.2. The summed E-state index contributed by atoms with van der Waals surface area (Å²) < 4.78 is 69.9. The third-order valence-corrected chi connectivity index (χ3v) is 4.48. The fourth-order valence-corrected chi connectivity index (χ4v) is 3.45. The van der Waals surface area contributed by atoms with Crippen LogP contribution in [-0.4, -0.2) is 19.0 Å². The fourth-order valence-electron chi connectivity index (χ4n) is 2.17. The molecule has 0 fully saturated rings. The molecule has 0 bridgehead atoms. The zero-order valence-corrected chi connectivity index (χ0v) is 13.8. The summed E-state index contributed by atoms with van der Waals surface area (Å²) >= 11 is 1.11. The molecule has 0 saturated heterocycles. The molecule has 0 saturated carbocycles. The molecule has 0 radical (unpaired) electrons. The second kappa shape index (κ2) is 5.75. The molecule has 0 aliphatic rings. The molecule has 9 heteroatoms. The van der Waals surface area contributed by atoms with Crippen molar-refractivity contribution in [1.82, 2.24) is 4.37 Å². The van der Waals surface area contributed by atoms with Gasteiger partial charge in [0.15, 0.2) is 0 Å². The largest absolute Gasteiger partial charge is 0.416 e. The Labute approximate surface area is 139 Å². The SMILES string of the molecule is CS(=O)(=O)Oc1ccc2c(-c3ccc(C(F)(F)F)cc3)nsc2c1. The first kappa shape index (κ1) is 16.7. The predicted octanol–water partition coefficient (Wildman–Crippen LogP) is 4.32. The maximum absolute atomic E-state index is 12.6. The van der Waals surface area contributed by atoms with Gasteiger partial charge in [0.25, 0.3) is 0 Å². The van der Waals surface area contributed by atoms with Crippen LogP contribution in [0.4, 0.5) is 13.2 Å². The van der Waals surface area contributed by atoms with Crippen molar-refractivity contribution >= 4 is 31.7 Å². The maximum Gasteiger partial charge on any atom is 0.416 e. The Morgan fingerprint density at radius 1 is 1.08 bits per heavy atom. The quantitative estimate of drug-likeness (QED) is 0.642. The summed E-state index contributed by atoms with van der Waals surface area (Å²) in [7, 11) is -3.63. The highest BCUT2D eigenvalue weighted by molar-refractivity contribution is 7.86. The number of hydrogen-bond donors (Lipinski definition) is 0. The highest BCUT2D eigenvalue weighted by atomic mass is 32.2. The van der Waals surface area contributed by atoms with Crippen molar-refractivity contribution in [2.45, 2.75) is 6.18 Å². The number of halogens is 3. The van der Waals surface area contributed by atoms with Crippen molar-refractivity contribution in [1.29, 1.82) is 0 Å². The van der Waals surface area contributed by atoms with E-state index in [1.54, 1.807) is 6.07 Å². The second-order valence-corrected chi connectivity index (χ2v) is 7.43. The molecule has 0 spiro atoms. The minimum Gasteiger partial charge on any atom is -0.383 e. The van der Waals surface area contributed by atoms with Gasteiger partial charge in [0.2, 0.25) is 0 Å². The Morgan fingerprint density at radius 3 is 2.33 bits per heavy atom. The maximum atomic E-state index is 12.6. The molecule has 0 aliphatic heterocycles. The number of aromatic nitrogens is 1. The van der Waals surface area contributed by atoms with Crippen molar-refractivity contribution in [2.24, 2.45) is 0 Å². The van der Waals surface area contributed by atoms with Crippen LogP contribution in [0.25, 0.3) is 21.3 Å². The standard InChI is InChI=1S/C15H10F3NO3S2/c1-24(20,21)22-11-6-7-12-13(8-11)23-19-14(12)9-2-4-10(5-3-9)15(16,17)18/h2-8H,1H3. The minimum absolute atomic E-state index is 0.160. The molecule has 126 valence electrons. The average Bonchev–Trinajstić information content (AvgIpc) is 2.88. The zero-order chi connectivity index (χ0) is 17.5. The van der Waals surface area contributed by atoms with E-state index in [-0.39, 0.29) is 5.75 Å². The Hall–Kier alpha value is -2.13. The van der Waals surface area contributed by atoms with Crippen LogP contribution in [0.1, 0.15) is 5.56 Å². The average molecular weight is 373 g/mol. The molecule has 0 N–H and O–H groups in total. The van der Waals surface area contributed by atoms with Crippen LogP contribution in [0.2, 0.25) is 0 Å². The highest BCUT2D eigenvalue weighted by Gasteiger charge is 2.30. The lowest BCUT2D eigenvalue weighted by Crippen LogP contribution is -2.05. The van der Waals surface area contributed by atoms with E-state index in [1.165, 1.54) is 24.3 Å². The van der Waals surface area contributed by atoms with Crippen LogP contribution in [0.15, 0.2) is 42.5 Å². The third-order valence-electron chi connectivity index (χ3n) is 3.18. The summed E-state index contributed by atoms with van der Waals surface area (Å²) in [6, 6.07) is 9.36. The first-order valence-electron chi connectivity index (χ1n) is 6.60. The predicted molar refractivity (Wildman–Crippen MR) is 85.5 cm³/mol. The van der Waals surface area contributed by atoms with Crippen LogP contribution >= 0.6 is 11.5 Å². The van der Waals surface area contributed by atoms with Gasteiger partial charge in [0.1, 0.15) is 5.75 Å². The summed E-state index contributed by atoms with van der Waals surface area (Å²) in [4.78, 5) is 0. The molecule has 0 aliphatic carbocycles. The van der Waals surface area contributed by atoms with E-state index in [2.05, 4.69) is 4.37 Å². The van der Waals surface area contributed by atoms with E-state index in [1.807, 2.05) is 0 Å². The molecule has 1 aromatic heterocycles. The number of fused-ring (bicyclic) bond motifs is 1. The summed E-state index contributed by atoms with van der Waals surface area (Å²) in [5.41, 5.74) is 0.357. The Balaban J connectivity index is 1.99. The van der Waals surface area contributed by atoms with Crippen molar-refractivity contribution < 1.29 is 25.8 Å². The highest BCUT2D eigenvalue weighted by Crippen LogP contribution is 2.35. The van der Waals surface area contributed by atoms with Gasteiger partial charge < -0.3 is 4.18 Å². The molecule has 0 atom stereocenters. The fraction of sp³-hybridized carbons (Fsp3) is 0.133. The van der Waals surface area contributed by atoms with Crippen molar-refractivity contribution in [3.63, 3.8) is 0 Å².